The van der Waals surface area contributed by atoms with E-state index in [4.69, 9.17) is 15.0 Å². The van der Waals surface area contributed by atoms with Gasteiger partial charge in [-0.25, -0.2) is 15.0 Å². The first-order valence-corrected chi connectivity index (χ1v) is 16.8. The standard InChI is InChI=1S/C46H33N3/c1-46(2)39-25-13-24-38(42(39)41-37-23-10-9-14-30(37)26-27-40(41)46)35-21-11-19-33(28-35)34-20-12-22-36(29-34)45-48-43(31-15-5-3-6-16-31)47-44(49-45)32-17-7-4-8-18-32/h3-29H,1-2H3. The Bertz CT molecular complexity index is 2460. The minimum Gasteiger partial charge on any atom is -0.208 e. The van der Waals surface area contributed by atoms with Crippen LogP contribution in [-0.2, 0) is 5.41 Å². The molecule has 0 amide bonds. The Morgan fingerprint density at radius 2 is 0.857 bits per heavy atom. The number of hydrogen-bond donors (Lipinski definition) is 0. The number of hydrogen-bond acceptors (Lipinski definition) is 3. The minimum atomic E-state index is -0.0849. The highest BCUT2D eigenvalue weighted by molar-refractivity contribution is 6.06. The molecule has 3 nitrogen and oxygen atoms in total. The molecular formula is C46H33N3. The second kappa shape index (κ2) is 11.5. The van der Waals surface area contributed by atoms with Crippen LogP contribution in [0.5, 0.6) is 0 Å². The third-order valence-electron chi connectivity index (χ3n) is 9.92. The van der Waals surface area contributed by atoms with Gasteiger partial charge in [0.2, 0.25) is 0 Å². The fourth-order valence-corrected chi connectivity index (χ4v) is 7.43. The molecule has 1 aliphatic carbocycles. The Labute approximate surface area is 286 Å². The summed E-state index contributed by atoms with van der Waals surface area (Å²) in [5.74, 6) is 1.97. The summed E-state index contributed by atoms with van der Waals surface area (Å²) in [6, 6.07) is 57.9. The van der Waals surface area contributed by atoms with Gasteiger partial charge in [-0.1, -0.05) is 166 Å². The first kappa shape index (κ1) is 29.0. The van der Waals surface area contributed by atoms with Crippen molar-refractivity contribution in [1.29, 1.82) is 0 Å². The third-order valence-corrected chi connectivity index (χ3v) is 9.92. The van der Waals surface area contributed by atoms with Crippen LogP contribution in [-0.4, -0.2) is 15.0 Å². The first-order chi connectivity index (χ1) is 24.0. The summed E-state index contributed by atoms with van der Waals surface area (Å²) in [6.07, 6.45) is 0. The molecular weight excluding hydrogens is 595 g/mol. The highest BCUT2D eigenvalue weighted by Crippen LogP contribution is 2.54. The molecule has 9 rings (SSSR count). The molecule has 0 spiro atoms. The summed E-state index contributed by atoms with van der Waals surface area (Å²) in [5, 5.41) is 2.58. The Hall–Kier alpha value is -6.19. The molecule has 1 aromatic heterocycles. The van der Waals surface area contributed by atoms with Gasteiger partial charge in [-0.2, -0.15) is 0 Å². The fraction of sp³-hybridized carbons (Fsp3) is 0.0652. The summed E-state index contributed by atoms with van der Waals surface area (Å²) >= 11 is 0. The minimum absolute atomic E-state index is 0.0849. The molecule has 0 atom stereocenters. The SMILES string of the molecule is CC1(C)c2cccc(-c3cccc(-c4cccc(-c5nc(-c6ccccc6)nc(-c6ccccc6)n5)c4)c3)c2-c2c1ccc1ccccc21. The molecule has 0 saturated heterocycles. The average molecular weight is 628 g/mol. The highest BCUT2D eigenvalue weighted by Gasteiger charge is 2.37. The van der Waals surface area contributed by atoms with Crippen LogP contribution < -0.4 is 0 Å². The van der Waals surface area contributed by atoms with Crippen LogP contribution in [0.3, 0.4) is 0 Å². The van der Waals surface area contributed by atoms with E-state index in [9.17, 15) is 0 Å². The van der Waals surface area contributed by atoms with Crippen LogP contribution in [0.25, 0.3) is 78.3 Å². The number of nitrogens with zero attached hydrogens (tertiary/aromatic N) is 3. The zero-order chi connectivity index (χ0) is 33.0. The smallest absolute Gasteiger partial charge is 0.164 e. The average Bonchev–Trinajstić information content (AvgIpc) is 3.42. The predicted molar refractivity (Wildman–Crippen MR) is 202 cm³/mol. The lowest BCUT2D eigenvalue weighted by molar-refractivity contribution is 0.661. The summed E-state index contributed by atoms with van der Waals surface area (Å²) in [6.45, 7) is 4.71. The molecule has 232 valence electrons. The molecule has 1 heterocycles. The molecule has 3 heteroatoms. The van der Waals surface area contributed by atoms with Gasteiger partial charge in [-0.15, -0.1) is 0 Å². The lowest BCUT2D eigenvalue weighted by atomic mass is 9.81. The predicted octanol–water partition coefficient (Wildman–Crippen LogP) is 11.7. The van der Waals surface area contributed by atoms with Crippen LogP contribution >= 0.6 is 0 Å². The number of aromatic nitrogens is 3. The maximum atomic E-state index is 4.98. The van der Waals surface area contributed by atoms with Crippen LogP contribution in [0.1, 0.15) is 25.0 Å². The Kier molecular flexibility index (Phi) is 6.80. The zero-order valence-electron chi connectivity index (χ0n) is 27.4. The topological polar surface area (TPSA) is 38.7 Å². The van der Waals surface area contributed by atoms with E-state index in [0.717, 1.165) is 27.8 Å². The summed E-state index contributed by atoms with van der Waals surface area (Å²) in [7, 11) is 0. The van der Waals surface area contributed by atoms with E-state index in [2.05, 4.69) is 117 Å². The molecule has 0 N–H and O–H groups in total. The van der Waals surface area contributed by atoms with Gasteiger partial charge in [-0.3, -0.25) is 0 Å². The van der Waals surface area contributed by atoms with Gasteiger partial charge < -0.3 is 0 Å². The lowest BCUT2D eigenvalue weighted by Gasteiger charge is -2.21. The number of fused-ring (bicyclic) bond motifs is 5. The molecule has 0 aliphatic heterocycles. The molecule has 0 bridgehead atoms. The zero-order valence-corrected chi connectivity index (χ0v) is 27.4. The molecule has 0 radical (unpaired) electrons. The van der Waals surface area contributed by atoms with Crippen molar-refractivity contribution in [1.82, 2.24) is 15.0 Å². The molecule has 0 saturated carbocycles. The van der Waals surface area contributed by atoms with Gasteiger partial charge in [0.15, 0.2) is 17.5 Å². The van der Waals surface area contributed by atoms with Gasteiger partial charge in [0.1, 0.15) is 0 Å². The summed E-state index contributed by atoms with van der Waals surface area (Å²) < 4.78 is 0. The second-order valence-corrected chi connectivity index (χ2v) is 13.3. The van der Waals surface area contributed by atoms with Crippen molar-refractivity contribution in [2.45, 2.75) is 19.3 Å². The van der Waals surface area contributed by atoms with Crippen LogP contribution in [0.15, 0.2) is 164 Å². The van der Waals surface area contributed by atoms with Crippen LogP contribution in [0.2, 0.25) is 0 Å². The Morgan fingerprint density at radius 3 is 1.53 bits per heavy atom. The molecule has 0 unspecified atom stereocenters. The maximum Gasteiger partial charge on any atom is 0.164 e. The van der Waals surface area contributed by atoms with Gasteiger partial charge in [0, 0.05) is 22.1 Å². The monoisotopic (exact) mass is 627 g/mol. The van der Waals surface area contributed by atoms with E-state index >= 15 is 0 Å². The number of benzene rings is 7. The van der Waals surface area contributed by atoms with Gasteiger partial charge in [0.25, 0.3) is 0 Å². The third kappa shape index (κ3) is 4.94. The quantitative estimate of drug-likeness (QED) is 0.191. The molecule has 49 heavy (non-hydrogen) atoms. The second-order valence-electron chi connectivity index (χ2n) is 13.3. The molecule has 8 aromatic rings. The fourth-order valence-electron chi connectivity index (χ4n) is 7.43. The van der Waals surface area contributed by atoms with E-state index in [0.29, 0.717) is 17.5 Å². The van der Waals surface area contributed by atoms with E-state index in [-0.39, 0.29) is 5.41 Å². The Balaban J connectivity index is 1.16. The molecule has 1 aliphatic rings. The Morgan fingerprint density at radius 1 is 0.367 bits per heavy atom. The van der Waals surface area contributed by atoms with Gasteiger partial charge in [0.05, 0.1) is 0 Å². The van der Waals surface area contributed by atoms with Crippen LogP contribution in [0, 0.1) is 0 Å². The van der Waals surface area contributed by atoms with E-state index < -0.39 is 0 Å². The maximum absolute atomic E-state index is 4.98. The van der Waals surface area contributed by atoms with Crippen molar-refractivity contribution in [3.63, 3.8) is 0 Å². The van der Waals surface area contributed by atoms with E-state index in [1.807, 2.05) is 60.7 Å². The largest absolute Gasteiger partial charge is 0.208 e. The van der Waals surface area contributed by atoms with Crippen molar-refractivity contribution >= 4 is 10.8 Å². The van der Waals surface area contributed by atoms with Crippen molar-refractivity contribution < 1.29 is 0 Å². The van der Waals surface area contributed by atoms with Crippen molar-refractivity contribution in [3.8, 4) is 67.5 Å². The highest BCUT2D eigenvalue weighted by atomic mass is 15.0. The normalized spacial score (nSPS) is 12.9. The van der Waals surface area contributed by atoms with Crippen molar-refractivity contribution in [2.75, 3.05) is 0 Å². The lowest BCUT2D eigenvalue weighted by Crippen LogP contribution is -2.14. The van der Waals surface area contributed by atoms with Gasteiger partial charge in [-0.05, 0) is 67.4 Å². The summed E-state index contributed by atoms with van der Waals surface area (Å²) in [4.78, 5) is 14.8. The van der Waals surface area contributed by atoms with Crippen molar-refractivity contribution in [3.05, 3.63) is 175 Å². The number of rotatable bonds is 5. The summed E-state index contributed by atoms with van der Waals surface area (Å²) in [5.41, 5.74) is 13.0. The van der Waals surface area contributed by atoms with Gasteiger partial charge >= 0.3 is 0 Å². The first-order valence-electron chi connectivity index (χ1n) is 16.8. The van der Waals surface area contributed by atoms with E-state index in [1.165, 1.54) is 44.2 Å². The van der Waals surface area contributed by atoms with Crippen LogP contribution in [0.4, 0.5) is 0 Å². The van der Waals surface area contributed by atoms with Crippen molar-refractivity contribution in [2.24, 2.45) is 0 Å². The molecule has 0 fully saturated rings. The van der Waals surface area contributed by atoms with E-state index in [1.54, 1.807) is 0 Å². The molecule has 7 aromatic carbocycles.